The van der Waals surface area contributed by atoms with Crippen LogP contribution in [-0.2, 0) is 0 Å². The van der Waals surface area contributed by atoms with Crippen LogP contribution in [0.5, 0.6) is 0 Å². The third kappa shape index (κ3) is 4.36. The molecule has 3 aromatic rings. The molecule has 0 aliphatic carbocycles. The van der Waals surface area contributed by atoms with Crippen LogP contribution in [0.2, 0.25) is 0 Å². The van der Waals surface area contributed by atoms with E-state index in [2.05, 4.69) is 16.4 Å². The number of hydrogen-bond donors (Lipinski definition) is 1. The summed E-state index contributed by atoms with van der Waals surface area (Å²) in [6, 6.07) is 19.1. The SMILES string of the molecule is Cc1cccc(C(=O)Nc2ccccc2Sc2nc(C)cc(C)c2C#N)c1. The minimum Gasteiger partial charge on any atom is -0.321 e. The summed E-state index contributed by atoms with van der Waals surface area (Å²) in [5.74, 6) is -0.166. The number of nitrogens with one attached hydrogen (secondary N) is 1. The zero-order chi connectivity index (χ0) is 19.4. The van der Waals surface area contributed by atoms with Crippen LogP contribution in [0.3, 0.4) is 0 Å². The molecule has 1 amide bonds. The van der Waals surface area contributed by atoms with Gasteiger partial charge in [0.2, 0.25) is 0 Å². The van der Waals surface area contributed by atoms with Crippen molar-refractivity contribution in [1.29, 1.82) is 5.26 Å². The van der Waals surface area contributed by atoms with Gasteiger partial charge in [-0.05, 0) is 56.7 Å². The molecule has 4 nitrogen and oxygen atoms in total. The summed E-state index contributed by atoms with van der Waals surface area (Å²) in [5, 5.41) is 13.1. The highest BCUT2D eigenvalue weighted by Gasteiger charge is 2.14. The number of anilines is 1. The molecule has 0 saturated carbocycles. The lowest BCUT2D eigenvalue weighted by Gasteiger charge is -2.12. The van der Waals surface area contributed by atoms with Crippen LogP contribution in [0.1, 0.15) is 32.7 Å². The maximum absolute atomic E-state index is 12.6. The molecule has 0 saturated heterocycles. The minimum absolute atomic E-state index is 0.166. The summed E-state index contributed by atoms with van der Waals surface area (Å²) >= 11 is 1.39. The Kier molecular flexibility index (Phi) is 5.58. The van der Waals surface area contributed by atoms with Crippen LogP contribution in [0.15, 0.2) is 64.5 Å². The number of benzene rings is 2. The summed E-state index contributed by atoms with van der Waals surface area (Å²) < 4.78 is 0. The molecule has 1 heterocycles. The predicted molar refractivity (Wildman–Crippen MR) is 108 cm³/mol. The average Bonchev–Trinajstić information content (AvgIpc) is 2.63. The molecule has 1 N–H and O–H groups in total. The molecule has 1 aromatic heterocycles. The topological polar surface area (TPSA) is 65.8 Å². The number of aromatic nitrogens is 1. The number of rotatable bonds is 4. The van der Waals surface area contributed by atoms with Gasteiger partial charge in [-0.3, -0.25) is 4.79 Å². The van der Waals surface area contributed by atoms with Gasteiger partial charge in [-0.25, -0.2) is 4.98 Å². The number of pyridine rings is 1. The van der Waals surface area contributed by atoms with Crippen molar-refractivity contribution in [3.05, 3.63) is 82.5 Å². The lowest BCUT2D eigenvalue weighted by Crippen LogP contribution is -2.12. The summed E-state index contributed by atoms with van der Waals surface area (Å²) in [6.07, 6.45) is 0. The average molecular weight is 373 g/mol. The first-order valence-electron chi connectivity index (χ1n) is 8.51. The van der Waals surface area contributed by atoms with Gasteiger partial charge in [0, 0.05) is 16.2 Å². The summed E-state index contributed by atoms with van der Waals surface area (Å²) in [5.41, 5.74) is 4.65. The molecule has 0 atom stereocenters. The second kappa shape index (κ2) is 8.07. The lowest BCUT2D eigenvalue weighted by molar-refractivity contribution is 0.102. The van der Waals surface area contributed by atoms with Crippen molar-refractivity contribution < 1.29 is 4.79 Å². The molecule has 0 radical (unpaired) electrons. The molecule has 134 valence electrons. The fraction of sp³-hybridized carbons (Fsp3) is 0.136. The molecule has 0 spiro atoms. The van der Waals surface area contributed by atoms with E-state index in [0.29, 0.717) is 21.8 Å². The number of nitrogens with zero attached hydrogens (tertiary/aromatic N) is 2. The van der Waals surface area contributed by atoms with Gasteiger partial charge in [0.05, 0.1) is 11.3 Å². The number of para-hydroxylation sites is 1. The highest BCUT2D eigenvalue weighted by Crippen LogP contribution is 2.35. The van der Waals surface area contributed by atoms with Crippen molar-refractivity contribution in [1.82, 2.24) is 4.98 Å². The highest BCUT2D eigenvalue weighted by atomic mass is 32.2. The second-order valence-electron chi connectivity index (χ2n) is 6.29. The van der Waals surface area contributed by atoms with E-state index >= 15 is 0 Å². The van der Waals surface area contributed by atoms with Crippen LogP contribution in [-0.4, -0.2) is 10.9 Å². The van der Waals surface area contributed by atoms with Gasteiger partial charge in [0.1, 0.15) is 11.1 Å². The summed E-state index contributed by atoms with van der Waals surface area (Å²) in [7, 11) is 0. The van der Waals surface area contributed by atoms with Crippen molar-refractivity contribution in [2.75, 3.05) is 5.32 Å². The number of carbonyl (C=O) groups is 1. The number of amides is 1. The Balaban J connectivity index is 1.92. The van der Waals surface area contributed by atoms with E-state index in [1.165, 1.54) is 11.8 Å². The van der Waals surface area contributed by atoms with Gasteiger partial charge in [-0.15, -0.1) is 0 Å². The molecule has 0 unspecified atom stereocenters. The minimum atomic E-state index is -0.166. The standard InChI is InChI=1S/C22H19N3OS/c1-14-7-6-8-17(11-14)21(26)25-19-9-4-5-10-20(19)27-22-18(13-23)15(2)12-16(3)24-22/h4-12H,1-3H3,(H,25,26). The van der Waals surface area contributed by atoms with Gasteiger partial charge < -0.3 is 5.32 Å². The smallest absolute Gasteiger partial charge is 0.255 e. The highest BCUT2D eigenvalue weighted by molar-refractivity contribution is 7.99. The number of carbonyl (C=O) groups excluding carboxylic acids is 1. The van der Waals surface area contributed by atoms with Gasteiger partial charge in [0.15, 0.2) is 0 Å². The molecular formula is C22H19N3OS. The van der Waals surface area contributed by atoms with Crippen molar-refractivity contribution in [3.8, 4) is 6.07 Å². The summed E-state index contributed by atoms with van der Waals surface area (Å²) in [4.78, 5) is 18.0. The normalized spacial score (nSPS) is 10.3. The fourth-order valence-electron chi connectivity index (χ4n) is 2.76. The van der Waals surface area contributed by atoms with Gasteiger partial charge in [-0.2, -0.15) is 5.26 Å². The Morgan fingerprint density at radius 3 is 2.59 bits per heavy atom. The molecule has 0 aliphatic rings. The molecule has 27 heavy (non-hydrogen) atoms. The Morgan fingerprint density at radius 1 is 1.07 bits per heavy atom. The van der Waals surface area contributed by atoms with Gasteiger partial charge >= 0.3 is 0 Å². The summed E-state index contributed by atoms with van der Waals surface area (Å²) in [6.45, 7) is 5.77. The Labute approximate surface area is 163 Å². The van der Waals surface area contributed by atoms with E-state index in [9.17, 15) is 10.1 Å². The van der Waals surface area contributed by atoms with Crippen molar-refractivity contribution in [2.45, 2.75) is 30.7 Å². The molecule has 3 rings (SSSR count). The third-order valence-corrected chi connectivity index (χ3v) is 5.11. The fourth-order valence-corrected chi connectivity index (χ4v) is 3.84. The maximum Gasteiger partial charge on any atom is 0.255 e. The number of nitriles is 1. The zero-order valence-corrected chi connectivity index (χ0v) is 16.2. The van der Waals surface area contributed by atoms with E-state index < -0.39 is 0 Å². The zero-order valence-electron chi connectivity index (χ0n) is 15.4. The molecular weight excluding hydrogens is 354 g/mol. The van der Waals surface area contributed by atoms with Crippen molar-refractivity contribution in [2.24, 2.45) is 0 Å². The van der Waals surface area contributed by atoms with Crippen molar-refractivity contribution in [3.63, 3.8) is 0 Å². The van der Waals surface area contributed by atoms with Gasteiger partial charge in [0.25, 0.3) is 5.91 Å². The van der Waals surface area contributed by atoms with Crippen LogP contribution < -0.4 is 5.32 Å². The third-order valence-electron chi connectivity index (χ3n) is 4.05. The maximum atomic E-state index is 12.6. The van der Waals surface area contributed by atoms with E-state index in [0.717, 1.165) is 21.7 Å². The number of hydrogen-bond acceptors (Lipinski definition) is 4. The monoisotopic (exact) mass is 373 g/mol. The largest absolute Gasteiger partial charge is 0.321 e. The predicted octanol–water partition coefficient (Wildman–Crippen LogP) is 5.28. The van der Waals surface area contributed by atoms with E-state index in [4.69, 9.17) is 0 Å². The van der Waals surface area contributed by atoms with E-state index in [-0.39, 0.29) is 5.91 Å². The number of aryl methyl sites for hydroxylation is 3. The van der Waals surface area contributed by atoms with Crippen LogP contribution in [0.25, 0.3) is 0 Å². The molecule has 0 bridgehead atoms. The molecule has 5 heteroatoms. The van der Waals surface area contributed by atoms with Crippen molar-refractivity contribution >= 4 is 23.4 Å². The Morgan fingerprint density at radius 2 is 1.85 bits per heavy atom. The van der Waals surface area contributed by atoms with E-state index in [1.807, 2.05) is 69.3 Å². The molecule has 0 aliphatic heterocycles. The van der Waals surface area contributed by atoms with Gasteiger partial charge in [-0.1, -0.05) is 41.6 Å². The van der Waals surface area contributed by atoms with Crippen LogP contribution >= 0.6 is 11.8 Å². The molecule has 2 aromatic carbocycles. The van der Waals surface area contributed by atoms with E-state index in [1.54, 1.807) is 6.07 Å². The first-order valence-corrected chi connectivity index (χ1v) is 9.33. The second-order valence-corrected chi connectivity index (χ2v) is 7.32. The quantitative estimate of drug-likeness (QED) is 0.675. The first kappa shape index (κ1) is 18.7. The lowest BCUT2D eigenvalue weighted by atomic mass is 10.1. The first-order chi connectivity index (χ1) is 13.0. The van der Waals surface area contributed by atoms with Crippen LogP contribution in [0, 0.1) is 32.1 Å². The molecule has 0 fully saturated rings. The Bertz CT molecular complexity index is 1050. The van der Waals surface area contributed by atoms with Crippen LogP contribution in [0.4, 0.5) is 5.69 Å². The Hall–Kier alpha value is -3.10.